The molecule has 4 nitrogen and oxygen atoms in total. The van der Waals surface area contributed by atoms with E-state index in [-0.39, 0.29) is 12.1 Å². The molecule has 0 atom stereocenters. The Morgan fingerprint density at radius 1 is 1.33 bits per heavy atom. The van der Waals surface area contributed by atoms with Crippen molar-refractivity contribution >= 4 is 0 Å². The molecule has 0 aliphatic rings. The number of alkyl halides is 3. The van der Waals surface area contributed by atoms with Gasteiger partial charge in [0.1, 0.15) is 0 Å². The van der Waals surface area contributed by atoms with Gasteiger partial charge in [0.2, 0.25) is 0 Å². The molecular weight excluding hydrogens is 249 g/mol. The number of hydrogen-bond donors (Lipinski definition) is 1. The molecule has 0 fully saturated rings. The highest BCUT2D eigenvalue weighted by Gasteiger charge is 2.29. The Bertz CT molecular complexity index is 452. The molecule has 1 aromatic rings. The van der Waals surface area contributed by atoms with Gasteiger partial charge >= 0.3 is 6.18 Å². The average Bonchev–Trinajstić information content (AvgIpc) is 2.25. The largest absolute Gasteiger partial charge is 0.416 e. The lowest BCUT2D eigenvalue weighted by Gasteiger charge is -2.07. The molecule has 0 amide bonds. The third-order valence-electron chi connectivity index (χ3n) is 2.25. The Hall–Kier alpha value is -2.05. The molecule has 0 aliphatic carbocycles. The van der Waals surface area contributed by atoms with Crippen LogP contribution in [0.3, 0.4) is 0 Å². The second kappa shape index (κ2) is 5.52. The maximum absolute atomic E-state index is 12.3. The maximum Gasteiger partial charge on any atom is 0.416 e. The summed E-state index contributed by atoms with van der Waals surface area (Å²) in [7, 11) is 0. The molecule has 98 valence electrons. The topological polar surface area (TPSA) is 69.2 Å². The summed E-state index contributed by atoms with van der Waals surface area (Å²) in [5, 5.41) is 10.1. The number of nitrogens with zero attached hydrogens (tertiary/aromatic N) is 1. The van der Waals surface area contributed by atoms with E-state index in [1.54, 1.807) is 0 Å². The minimum atomic E-state index is -4.36. The Morgan fingerprint density at radius 2 is 1.89 bits per heavy atom. The summed E-state index contributed by atoms with van der Waals surface area (Å²) >= 11 is 0. The molecule has 0 spiro atoms. The van der Waals surface area contributed by atoms with Crippen molar-refractivity contribution in [1.82, 2.24) is 0 Å². The van der Waals surface area contributed by atoms with Crippen molar-refractivity contribution < 1.29 is 18.1 Å². The van der Waals surface area contributed by atoms with Crippen LogP contribution in [-0.4, -0.2) is 4.92 Å². The van der Waals surface area contributed by atoms with Crippen molar-refractivity contribution in [2.45, 2.75) is 19.0 Å². The van der Waals surface area contributed by atoms with E-state index in [1.807, 2.05) is 0 Å². The number of aryl methyl sites for hydroxylation is 1. The van der Waals surface area contributed by atoms with Crippen LogP contribution >= 0.6 is 0 Å². The zero-order valence-electron chi connectivity index (χ0n) is 9.28. The Kier molecular flexibility index (Phi) is 4.30. The average molecular weight is 260 g/mol. The molecule has 18 heavy (non-hydrogen) atoms. The molecule has 0 aliphatic heterocycles. The fourth-order valence-corrected chi connectivity index (χ4v) is 1.35. The van der Waals surface area contributed by atoms with Gasteiger partial charge in [-0.15, -0.1) is 0 Å². The second-order valence-electron chi connectivity index (χ2n) is 3.68. The van der Waals surface area contributed by atoms with Gasteiger partial charge in [0, 0.05) is 0 Å². The van der Waals surface area contributed by atoms with Crippen molar-refractivity contribution in [3.63, 3.8) is 0 Å². The van der Waals surface area contributed by atoms with Crippen LogP contribution in [-0.2, 0) is 12.6 Å². The molecule has 1 aromatic carbocycles. The minimum absolute atomic E-state index is 0.0832. The van der Waals surface area contributed by atoms with Crippen LogP contribution in [0.15, 0.2) is 36.2 Å². The number of rotatable bonds is 4. The lowest BCUT2D eigenvalue weighted by molar-refractivity contribution is -0.403. The van der Waals surface area contributed by atoms with Crippen LogP contribution in [0.1, 0.15) is 17.5 Å². The molecule has 7 heteroatoms. The molecule has 2 N–H and O–H groups in total. The van der Waals surface area contributed by atoms with Crippen molar-refractivity contribution in [1.29, 1.82) is 0 Å². The number of hydrogen-bond acceptors (Lipinski definition) is 3. The lowest BCUT2D eigenvalue weighted by atomic mass is 10.1. The van der Waals surface area contributed by atoms with E-state index in [1.165, 1.54) is 12.1 Å². The molecule has 0 saturated heterocycles. The van der Waals surface area contributed by atoms with Gasteiger partial charge in [-0.05, 0) is 30.5 Å². The SMILES string of the molecule is NC(=C[N+](=O)[O-])CCc1ccc(C(F)(F)F)cc1. The third-order valence-corrected chi connectivity index (χ3v) is 2.25. The predicted octanol–water partition coefficient (Wildman–Crippen LogP) is 2.71. The first-order chi connectivity index (χ1) is 8.29. The minimum Gasteiger partial charge on any atom is -0.397 e. The summed E-state index contributed by atoms with van der Waals surface area (Å²) in [5.41, 5.74) is 5.36. The molecular formula is C11H11F3N2O2. The normalized spacial score (nSPS) is 12.5. The summed E-state index contributed by atoms with van der Waals surface area (Å²) in [4.78, 5) is 9.44. The highest BCUT2D eigenvalue weighted by Crippen LogP contribution is 2.29. The predicted molar refractivity (Wildman–Crippen MR) is 59.0 cm³/mol. The number of benzene rings is 1. The van der Waals surface area contributed by atoms with E-state index >= 15 is 0 Å². The summed E-state index contributed by atoms with van der Waals surface area (Å²) in [6, 6.07) is 4.62. The summed E-state index contributed by atoms with van der Waals surface area (Å²) in [6.07, 6.45) is -3.09. The van der Waals surface area contributed by atoms with Gasteiger partial charge in [0.05, 0.1) is 16.2 Å². The van der Waals surface area contributed by atoms with E-state index in [0.717, 1.165) is 12.1 Å². The Labute approximate surface area is 101 Å². The standard InChI is InChI=1S/C11H11F3N2O2/c12-11(13,14)9-4-1-8(2-5-9)3-6-10(15)7-16(17)18/h1-2,4-5,7H,3,6,15H2. The first-order valence-corrected chi connectivity index (χ1v) is 5.05. The van der Waals surface area contributed by atoms with Gasteiger partial charge in [0.25, 0.3) is 6.20 Å². The van der Waals surface area contributed by atoms with E-state index < -0.39 is 16.7 Å². The smallest absolute Gasteiger partial charge is 0.397 e. The van der Waals surface area contributed by atoms with Crippen LogP contribution in [0.4, 0.5) is 13.2 Å². The van der Waals surface area contributed by atoms with Gasteiger partial charge in [0.15, 0.2) is 0 Å². The quantitative estimate of drug-likeness (QED) is 0.668. The van der Waals surface area contributed by atoms with E-state index in [2.05, 4.69) is 0 Å². The van der Waals surface area contributed by atoms with Gasteiger partial charge in [-0.2, -0.15) is 13.2 Å². The van der Waals surface area contributed by atoms with Crippen molar-refractivity contribution in [2.75, 3.05) is 0 Å². The first-order valence-electron chi connectivity index (χ1n) is 5.05. The highest BCUT2D eigenvalue weighted by atomic mass is 19.4. The van der Waals surface area contributed by atoms with Crippen LogP contribution in [0.5, 0.6) is 0 Å². The molecule has 0 saturated carbocycles. The molecule has 1 rings (SSSR count). The fourth-order valence-electron chi connectivity index (χ4n) is 1.35. The van der Waals surface area contributed by atoms with E-state index in [4.69, 9.17) is 5.73 Å². The summed E-state index contributed by atoms with van der Waals surface area (Å²) < 4.78 is 36.8. The molecule has 0 unspecified atom stereocenters. The molecule has 0 heterocycles. The van der Waals surface area contributed by atoms with Crippen LogP contribution in [0.25, 0.3) is 0 Å². The fraction of sp³-hybridized carbons (Fsp3) is 0.273. The highest BCUT2D eigenvalue weighted by molar-refractivity contribution is 5.25. The Morgan fingerprint density at radius 3 is 2.33 bits per heavy atom. The second-order valence-corrected chi connectivity index (χ2v) is 3.68. The van der Waals surface area contributed by atoms with Gasteiger partial charge < -0.3 is 5.73 Å². The number of nitrogens with two attached hydrogens (primary N) is 1. The van der Waals surface area contributed by atoms with Gasteiger partial charge in [-0.25, -0.2) is 0 Å². The summed E-state index contributed by atoms with van der Waals surface area (Å²) in [6.45, 7) is 0. The number of allylic oxidation sites excluding steroid dienone is 1. The van der Waals surface area contributed by atoms with Crippen LogP contribution < -0.4 is 5.73 Å². The Balaban J connectivity index is 2.63. The van der Waals surface area contributed by atoms with Crippen LogP contribution in [0, 0.1) is 10.1 Å². The monoisotopic (exact) mass is 260 g/mol. The van der Waals surface area contributed by atoms with Crippen molar-refractivity contribution in [3.05, 3.63) is 57.4 Å². The van der Waals surface area contributed by atoms with E-state index in [0.29, 0.717) is 18.2 Å². The van der Waals surface area contributed by atoms with Crippen molar-refractivity contribution in [3.8, 4) is 0 Å². The van der Waals surface area contributed by atoms with Crippen molar-refractivity contribution in [2.24, 2.45) is 5.73 Å². The zero-order valence-corrected chi connectivity index (χ0v) is 9.28. The third kappa shape index (κ3) is 4.44. The molecule has 0 bridgehead atoms. The lowest BCUT2D eigenvalue weighted by Crippen LogP contribution is -2.05. The number of halogens is 3. The molecule has 0 radical (unpaired) electrons. The maximum atomic E-state index is 12.3. The zero-order chi connectivity index (χ0) is 13.8. The molecule has 0 aromatic heterocycles. The summed E-state index contributed by atoms with van der Waals surface area (Å²) in [5.74, 6) is 0. The van der Waals surface area contributed by atoms with E-state index in [9.17, 15) is 23.3 Å². The van der Waals surface area contributed by atoms with Gasteiger partial charge in [-0.1, -0.05) is 12.1 Å². The van der Waals surface area contributed by atoms with Gasteiger partial charge in [-0.3, -0.25) is 10.1 Å². The van der Waals surface area contributed by atoms with Crippen LogP contribution in [0.2, 0.25) is 0 Å². The number of nitro groups is 1. The first kappa shape index (κ1) is 14.0.